The minimum atomic E-state index is -0.854. The van der Waals surface area contributed by atoms with Crippen molar-refractivity contribution in [2.75, 3.05) is 6.54 Å². The lowest BCUT2D eigenvalue weighted by Gasteiger charge is -2.27. The summed E-state index contributed by atoms with van der Waals surface area (Å²) in [4.78, 5) is 22.2. The number of hydrogen-bond acceptors (Lipinski definition) is 3. The van der Waals surface area contributed by atoms with E-state index in [0.717, 1.165) is 0 Å². The second-order valence-corrected chi connectivity index (χ2v) is 4.61. The van der Waals surface area contributed by atoms with E-state index < -0.39 is 11.5 Å². The summed E-state index contributed by atoms with van der Waals surface area (Å²) in [7, 11) is 0. The maximum atomic E-state index is 11.7. The van der Waals surface area contributed by atoms with Crippen molar-refractivity contribution in [3.63, 3.8) is 0 Å². The Balaban J connectivity index is 4.23. The number of carbonyl (C=O) groups excluding carboxylic acids is 1. The molecule has 0 aliphatic heterocycles. The van der Waals surface area contributed by atoms with Gasteiger partial charge in [0.05, 0.1) is 0 Å². The Kier molecular flexibility index (Phi) is 6.03. The molecule has 0 fully saturated rings. The first kappa shape index (κ1) is 14.9. The summed E-state index contributed by atoms with van der Waals surface area (Å²) < 4.78 is 0. The fraction of sp³-hybridized carbons (Fsp3) is 0.818. The zero-order valence-corrected chi connectivity index (χ0v) is 10.2. The lowest BCUT2D eigenvalue weighted by atomic mass is 9.96. The summed E-state index contributed by atoms with van der Waals surface area (Å²) in [6, 6.07) is 0. The first-order chi connectivity index (χ1) is 7.32. The highest BCUT2D eigenvalue weighted by atomic mass is 16.4. The molecule has 0 rings (SSSR count). The molecule has 5 nitrogen and oxygen atoms in total. The van der Waals surface area contributed by atoms with E-state index in [1.165, 1.54) is 0 Å². The maximum Gasteiger partial charge on any atom is 0.303 e. The summed E-state index contributed by atoms with van der Waals surface area (Å²) in [5.41, 5.74) is 4.97. The van der Waals surface area contributed by atoms with E-state index in [9.17, 15) is 9.59 Å². The van der Waals surface area contributed by atoms with Gasteiger partial charge in [0.2, 0.25) is 5.91 Å². The van der Waals surface area contributed by atoms with Crippen molar-refractivity contribution in [2.45, 2.75) is 45.6 Å². The third-order valence-electron chi connectivity index (χ3n) is 2.57. The summed E-state index contributed by atoms with van der Waals surface area (Å²) in [6.07, 6.45) is 1.15. The van der Waals surface area contributed by atoms with Gasteiger partial charge >= 0.3 is 5.97 Å². The van der Waals surface area contributed by atoms with E-state index in [2.05, 4.69) is 5.32 Å². The molecule has 0 aliphatic carbocycles. The molecule has 1 unspecified atom stereocenters. The van der Waals surface area contributed by atoms with Crippen LogP contribution < -0.4 is 11.1 Å². The molecule has 0 aromatic carbocycles. The van der Waals surface area contributed by atoms with E-state index in [1.54, 1.807) is 0 Å². The highest BCUT2D eigenvalue weighted by molar-refractivity contribution is 5.79. The van der Waals surface area contributed by atoms with Gasteiger partial charge < -0.3 is 16.2 Å². The highest BCUT2D eigenvalue weighted by Gasteiger charge is 2.24. The monoisotopic (exact) mass is 230 g/mol. The van der Waals surface area contributed by atoms with Crippen LogP contribution in [0.15, 0.2) is 0 Å². The highest BCUT2D eigenvalue weighted by Crippen LogP contribution is 2.13. The van der Waals surface area contributed by atoms with Crippen LogP contribution in [0.5, 0.6) is 0 Å². The Bertz CT molecular complexity index is 248. The number of nitrogens with two attached hydrogens (primary N) is 1. The van der Waals surface area contributed by atoms with Crippen LogP contribution in [-0.4, -0.2) is 29.1 Å². The number of amides is 1. The maximum absolute atomic E-state index is 11.7. The first-order valence-corrected chi connectivity index (χ1v) is 5.56. The standard InChI is InChI=1S/C11H22N2O3/c1-4-8(7-12)10(16)13-11(2,3)6-5-9(14)15/h8H,4-7,12H2,1-3H3,(H,13,16)(H,14,15). The smallest absolute Gasteiger partial charge is 0.303 e. The van der Waals surface area contributed by atoms with Gasteiger partial charge in [-0.1, -0.05) is 6.92 Å². The van der Waals surface area contributed by atoms with Gasteiger partial charge in [0.15, 0.2) is 0 Å². The van der Waals surface area contributed by atoms with Crippen molar-refractivity contribution in [3.8, 4) is 0 Å². The summed E-state index contributed by atoms with van der Waals surface area (Å²) in [5, 5.41) is 11.4. The Labute approximate surface area is 96.4 Å². The molecular weight excluding hydrogens is 208 g/mol. The Morgan fingerprint density at radius 1 is 1.44 bits per heavy atom. The largest absolute Gasteiger partial charge is 0.481 e. The zero-order valence-electron chi connectivity index (χ0n) is 10.2. The quantitative estimate of drug-likeness (QED) is 0.601. The number of rotatable bonds is 7. The summed E-state index contributed by atoms with van der Waals surface area (Å²) in [6.45, 7) is 5.85. The van der Waals surface area contributed by atoms with Crippen molar-refractivity contribution in [1.29, 1.82) is 0 Å². The molecule has 16 heavy (non-hydrogen) atoms. The minimum absolute atomic E-state index is 0.0483. The average molecular weight is 230 g/mol. The Morgan fingerprint density at radius 3 is 2.38 bits per heavy atom. The fourth-order valence-corrected chi connectivity index (χ4v) is 1.38. The zero-order chi connectivity index (χ0) is 12.8. The third-order valence-corrected chi connectivity index (χ3v) is 2.57. The summed E-state index contributed by atoms with van der Waals surface area (Å²) in [5.74, 6) is -1.14. The Morgan fingerprint density at radius 2 is 2.00 bits per heavy atom. The normalized spacial score (nSPS) is 13.2. The van der Waals surface area contributed by atoms with Crippen LogP contribution in [0.2, 0.25) is 0 Å². The number of carboxylic acids is 1. The molecule has 4 N–H and O–H groups in total. The van der Waals surface area contributed by atoms with Crippen LogP contribution in [0.1, 0.15) is 40.0 Å². The molecule has 5 heteroatoms. The van der Waals surface area contributed by atoms with Crippen molar-refractivity contribution < 1.29 is 14.7 Å². The molecule has 0 radical (unpaired) electrons. The van der Waals surface area contributed by atoms with Crippen molar-refractivity contribution in [1.82, 2.24) is 5.32 Å². The van der Waals surface area contributed by atoms with Gasteiger partial charge in [0.25, 0.3) is 0 Å². The van der Waals surface area contributed by atoms with E-state index in [1.807, 2.05) is 20.8 Å². The molecule has 0 saturated heterocycles. The van der Waals surface area contributed by atoms with Crippen LogP contribution in [0, 0.1) is 5.92 Å². The molecular formula is C11H22N2O3. The van der Waals surface area contributed by atoms with E-state index in [-0.39, 0.29) is 18.2 Å². The van der Waals surface area contributed by atoms with Gasteiger partial charge in [-0.3, -0.25) is 9.59 Å². The topological polar surface area (TPSA) is 92.4 Å². The van der Waals surface area contributed by atoms with Gasteiger partial charge in [0, 0.05) is 24.4 Å². The van der Waals surface area contributed by atoms with Gasteiger partial charge in [-0.25, -0.2) is 0 Å². The molecule has 0 aromatic heterocycles. The SMILES string of the molecule is CCC(CN)C(=O)NC(C)(C)CCC(=O)O. The minimum Gasteiger partial charge on any atom is -0.481 e. The van der Waals surface area contributed by atoms with E-state index in [0.29, 0.717) is 19.4 Å². The second-order valence-electron chi connectivity index (χ2n) is 4.61. The van der Waals surface area contributed by atoms with Gasteiger partial charge in [-0.15, -0.1) is 0 Å². The Hall–Kier alpha value is -1.10. The molecule has 94 valence electrons. The number of carboxylic acid groups (broad SMARTS) is 1. The fourth-order valence-electron chi connectivity index (χ4n) is 1.38. The molecule has 0 saturated carbocycles. The molecule has 1 amide bonds. The van der Waals surface area contributed by atoms with Crippen molar-refractivity contribution in [2.24, 2.45) is 11.7 Å². The van der Waals surface area contributed by atoms with Gasteiger partial charge in [-0.05, 0) is 26.7 Å². The number of aliphatic carboxylic acids is 1. The second kappa shape index (κ2) is 6.48. The third kappa shape index (κ3) is 5.70. The van der Waals surface area contributed by atoms with Crippen LogP contribution in [0.4, 0.5) is 0 Å². The van der Waals surface area contributed by atoms with Gasteiger partial charge in [0.1, 0.15) is 0 Å². The molecule has 0 spiro atoms. The van der Waals surface area contributed by atoms with Crippen LogP contribution in [-0.2, 0) is 9.59 Å². The van der Waals surface area contributed by atoms with Crippen LogP contribution in [0.3, 0.4) is 0 Å². The van der Waals surface area contributed by atoms with Crippen LogP contribution in [0.25, 0.3) is 0 Å². The van der Waals surface area contributed by atoms with Crippen LogP contribution >= 0.6 is 0 Å². The molecule has 1 atom stereocenters. The predicted octanol–water partition coefficient (Wildman–Crippen LogP) is 0.731. The van der Waals surface area contributed by atoms with E-state index in [4.69, 9.17) is 10.8 Å². The summed E-state index contributed by atoms with van der Waals surface area (Å²) >= 11 is 0. The van der Waals surface area contributed by atoms with Gasteiger partial charge in [-0.2, -0.15) is 0 Å². The van der Waals surface area contributed by atoms with Crippen molar-refractivity contribution >= 4 is 11.9 Å². The van der Waals surface area contributed by atoms with Crippen molar-refractivity contribution in [3.05, 3.63) is 0 Å². The molecule has 0 aromatic rings. The number of carbonyl (C=O) groups is 2. The lowest BCUT2D eigenvalue weighted by molar-refractivity contribution is -0.138. The molecule has 0 heterocycles. The average Bonchev–Trinajstić information content (AvgIpc) is 2.16. The first-order valence-electron chi connectivity index (χ1n) is 5.56. The molecule has 0 aliphatic rings. The number of nitrogens with one attached hydrogen (secondary N) is 1. The predicted molar refractivity (Wildman–Crippen MR) is 61.9 cm³/mol. The lowest BCUT2D eigenvalue weighted by Crippen LogP contribution is -2.47. The molecule has 0 bridgehead atoms. The van der Waals surface area contributed by atoms with E-state index >= 15 is 0 Å². The number of hydrogen-bond donors (Lipinski definition) is 3.